The largest absolute Gasteiger partial charge is 0.378 e. The average Bonchev–Trinajstić information content (AvgIpc) is 1.81. The van der Waals surface area contributed by atoms with Gasteiger partial charge in [0.25, 0.3) is 0 Å². The van der Waals surface area contributed by atoms with Crippen molar-refractivity contribution in [3.63, 3.8) is 0 Å². The maximum atomic E-state index is 9.91. The molecule has 0 heterocycles. The van der Waals surface area contributed by atoms with Gasteiger partial charge in [0.05, 0.1) is 0 Å². The minimum Gasteiger partial charge on any atom is -0.378 e. The molecule has 0 aliphatic carbocycles. The van der Waals surface area contributed by atoms with Gasteiger partial charge in [0.2, 0.25) is 0 Å². The second kappa shape index (κ2) is 5.61. The van der Waals surface area contributed by atoms with E-state index in [-0.39, 0.29) is 6.23 Å². The Morgan fingerprint density at radius 3 is 1.46 bits per heavy atom. The molecule has 0 fully saturated rings. The standard InChI is InChI=1S/C11H25NO/c1-7(2)10(8(3)4)11(13)12-9(5)6/h7-13H,1-6H3/t11-/m0/s1. The molecular formula is C11H25NO. The third kappa shape index (κ3) is 4.63. The van der Waals surface area contributed by atoms with Crippen LogP contribution in [0.4, 0.5) is 0 Å². The molecule has 0 radical (unpaired) electrons. The summed E-state index contributed by atoms with van der Waals surface area (Å²) in [6, 6.07) is 0.343. The minimum absolute atomic E-state index is 0.336. The van der Waals surface area contributed by atoms with Crippen LogP contribution >= 0.6 is 0 Å². The number of nitrogens with one attached hydrogen (secondary N) is 1. The first-order valence-electron chi connectivity index (χ1n) is 5.30. The van der Waals surface area contributed by atoms with Crippen LogP contribution in [0.1, 0.15) is 41.5 Å². The van der Waals surface area contributed by atoms with Gasteiger partial charge < -0.3 is 5.11 Å². The molecule has 0 aromatic carbocycles. The Kier molecular flexibility index (Phi) is 5.57. The quantitative estimate of drug-likeness (QED) is 0.647. The molecule has 0 aromatic rings. The van der Waals surface area contributed by atoms with Crippen molar-refractivity contribution in [2.75, 3.05) is 0 Å². The SMILES string of the molecule is CC(C)N[C@@H](O)C(C(C)C)C(C)C. The molecule has 1 atom stereocenters. The molecule has 2 heteroatoms. The molecule has 80 valence electrons. The van der Waals surface area contributed by atoms with Gasteiger partial charge in [-0.2, -0.15) is 0 Å². The van der Waals surface area contributed by atoms with Crippen LogP contribution in [0.25, 0.3) is 0 Å². The fourth-order valence-corrected chi connectivity index (χ4v) is 1.95. The summed E-state index contributed by atoms with van der Waals surface area (Å²) in [5, 5.41) is 13.1. The predicted molar refractivity (Wildman–Crippen MR) is 57.4 cm³/mol. The van der Waals surface area contributed by atoms with Gasteiger partial charge in [0.1, 0.15) is 6.23 Å². The summed E-state index contributed by atoms with van der Waals surface area (Å²) >= 11 is 0. The van der Waals surface area contributed by atoms with Gasteiger partial charge in [-0.3, -0.25) is 5.32 Å². The van der Waals surface area contributed by atoms with Crippen LogP contribution in [0.2, 0.25) is 0 Å². The van der Waals surface area contributed by atoms with E-state index in [1.165, 1.54) is 0 Å². The van der Waals surface area contributed by atoms with E-state index in [2.05, 4.69) is 46.9 Å². The molecule has 0 aliphatic heterocycles. The summed E-state index contributed by atoms with van der Waals surface area (Å²) < 4.78 is 0. The van der Waals surface area contributed by atoms with Gasteiger partial charge in [-0.25, -0.2) is 0 Å². The fraction of sp³-hybridized carbons (Fsp3) is 1.00. The minimum atomic E-state index is -0.375. The predicted octanol–water partition coefficient (Wildman–Crippen LogP) is 2.23. The molecule has 0 aromatic heterocycles. The van der Waals surface area contributed by atoms with Crippen molar-refractivity contribution in [2.24, 2.45) is 17.8 Å². The maximum absolute atomic E-state index is 9.91. The van der Waals surface area contributed by atoms with Gasteiger partial charge in [-0.05, 0) is 25.7 Å². The lowest BCUT2D eigenvalue weighted by molar-refractivity contribution is 0.0208. The number of hydrogen-bond acceptors (Lipinski definition) is 2. The zero-order valence-corrected chi connectivity index (χ0v) is 9.83. The van der Waals surface area contributed by atoms with Gasteiger partial charge in [-0.15, -0.1) is 0 Å². The van der Waals surface area contributed by atoms with Crippen LogP contribution in [0, 0.1) is 17.8 Å². The first-order valence-corrected chi connectivity index (χ1v) is 5.30. The van der Waals surface area contributed by atoms with E-state index in [0.717, 1.165) is 0 Å². The summed E-state index contributed by atoms with van der Waals surface area (Å²) in [6.45, 7) is 12.8. The molecule has 0 spiro atoms. The zero-order valence-electron chi connectivity index (χ0n) is 9.83. The van der Waals surface area contributed by atoms with Gasteiger partial charge in [0, 0.05) is 12.0 Å². The fourth-order valence-electron chi connectivity index (χ4n) is 1.95. The summed E-state index contributed by atoms with van der Waals surface area (Å²) in [5.74, 6) is 1.37. The van der Waals surface area contributed by atoms with Crippen molar-refractivity contribution in [2.45, 2.75) is 53.8 Å². The van der Waals surface area contributed by atoms with Crippen LogP contribution in [-0.4, -0.2) is 17.4 Å². The average molecular weight is 187 g/mol. The second-order valence-corrected chi connectivity index (χ2v) is 4.83. The molecule has 0 bridgehead atoms. The Bertz CT molecular complexity index is 124. The Balaban J connectivity index is 4.20. The van der Waals surface area contributed by atoms with Crippen molar-refractivity contribution in [1.82, 2.24) is 5.32 Å². The third-order valence-electron chi connectivity index (χ3n) is 2.41. The van der Waals surface area contributed by atoms with E-state index >= 15 is 0 Å². The Hall–Kier alpha value is -0.0800. The van der Waals surface area contributed by atoms with Crippen molar-refractivity contribution < 1.29 is 5.11 Å². The molecule has 0 saturated carbocycles. The van der Waals surface area contributed by atoms with E-state index in [9.17, 15) is 5.11 Å². The third-order valence-corrected chi connectivity index (χ3v) is 2.41. The van der Waals surface area contributed by atoms with Gasteiger partial charge in [-0.1, -0.05) is 27.7 Å². The second-order valence-electron chi connectivity index (χ2n) is 4.83. The number of aliphatic hydroxyl groups excluding tert-OH is 1. The number of aliphatic hydroxyl groups is 1. The van der Waals surface area contributed by atoms with Crippen LogP contribution in [-0.2, 0) is 0 Å². The smallest absolute Gasteiger partial charge is 0.108 e. The van der Waals surface area contributed by atoms with Crippen LogP contribution < -0.4 is 5.32 Å². The number of hydrogen-bond donors (Lipinski definition) is 2. The summed E-state index contributed by atoms with van der Waals surface area (Å²) in [7, 11) is 0. The molecule has 0 aliphatic rings. The van der Waals surface area contributed by atoms with Crippen molar-refractivity contribution in [1.29, 1.82) is 0 Å². The highest BCUT2D eigenvalue weighted by Gasteiger charge is 2.25. The monoisotopic (exact) mass is 187 g/mol. The summed E-state index contributed by atoms with van der Waals surface area (Å²) in [5.41, 5.74) is 0. The topological polar surface area (TPSA) is 32.3 Å². The van der Waals surface area contributed by atoms with Crippen molar-refractivity contribution >= 4 is 0 Å². The maximum Gasteiger partial charge on any atom is 0.108 e. The normalized spacial score (nSPS) is 15.0. The molecule has 2 nitrogen and oxygen atoms in total. The molecule has 0 unspecified atom stereocenters. The van der Waals surface area contributed by atoms with E-state index in [1.807, 2.05) is 0 Å². The lowest BCUT2D eigenvalue weighted by Gasteiger charge is -2.31. The Morgan fingerprint density at radius 2 is 1.23 bits per heavy atom. The number of rotatable bonds is 5. The molecule has 0 amide bonds. The summed E-state index contributed by atoms with van der Waals surface area (Å²) in [6.07, 6.45) is -0.375. The van der Waals surface area contributed by atoms with Gasteiger partial charge in [0.15, 0.2) is 0 Å². The lowest BCUT2D eigenvalue weighted by atomic mass is 9.84. The zero-order chi connectivity index (χ0) is 10.6. The van der Waals surface area contributed by atoms with Crippen LogP contribution in [0.3, 0.4) is 0 Å². The Labute approximate surface area is 82.7 Å². The lowest BCUT2D eigenvalue weighted by Crippen LogP contribution is -2.44. The highest BCUT2D eigenvalue weighted by atomic mass is 16.3. The van der Waals surface area contributed by atoms with Crippen LogP contribution in [0.15, 0.2) is 0 Å². The molecular weight excluding hydrogens is 162 g/mol. The highest BCUT2D eigenvalue weighted by molar-refractivity contribution is 4.74. The van der Waals surface area contributed by atoms with Crippen molar-refractivity contribution in [3.05, 3.63) is 0 Å². The van der Waals surface area contributed by atoms with Gasteiger partial charge >= 0.3 is 0 Å². The first kappa shape index (κ1) is 12.9. The van der Waals surface area contributed by atoms with Crippen molar-refractivity contribution in [3.8, 4) is 0 Å². The highest BCUT2D eigenvalue weighted by Crippen LogP contribution is 2.23. The molecule has 2 N–H and O–H groups in total. The molecule has 0 rings (SSSR count). The van der Waals surface area contributed by atoms with Crippen LogP contribution in [0.5, 0.6) is 0 Å². The first-order chi connectivity index (χ1) is 5.86. The van der Waals surface area contributed by atoms with E-state index in [4.69, 9.17) is 0 Å². The van der Waals surface area contributed by atoms with E-state index in [1.54, 1.807) is 0 Å². The molecule has 13 heavy (non-hydrogen) atoms. The summed E-state index contributed by atoms with van der Waals surface area (Å²) in [4.78, 5) is 0. The van der Waals surface area contributed by atoms with E-state index < -0.39 is 0 Å². The molecule has 0 saturated heterocycles. The Morgan fingerprint density at radius 1 is 0.846 bits per heavy atom. The van der Waals surface area contributed by atoms with E-state index in [0.29, 0.717) is 23.8 Å².